The minimum Gasteiger partial charge on any atom is -0.462 e. The highest BCUT2D eigenvalue weighted by molar-refractivity contribution is 5.88. The molecule has 7 nitrogen and oxygen atoms in total. The van der Waals surface area contributed by atoms with Gasteiger partial charge in [-0.15, -0.1) is 0 Å². The van der Waals surface area contributed by atoms with E-state index in [-0.39, 0.29) is 0 Å². The van der Waals surface area contributed by atoms with Crippen LogP contribution in [0.25, 0.3) is 10.8 Å². The number of aliphatic hydroxyl groups excluding tert-OH is 3. The van der Waals surface area contributed by atoms with E-state index in [9.17, 15) is 20.1 Å². The second-order valence-corrected chi connectivity index (χ2v) is 6.03. The number of hydrogen-bond donors (Lipinski definition) is 4. The van der Waals surface area contributed by atoms with Crippen molar-refractivity contribution in [3.05, 3.63) is 42.5 Å². The van der Waals surface area contributed by atoms with E-state index >= 15 is 0 Å². The lowest BCUT2D eigenvalue weighted by atomic mass is 9.97. The fraction of sp³-hybridized carbons (Fsp3) is 0.389. The number of benzene rings is 2. The SMILES string of the molecule is CC(=O)N[C@H]1[C@H](Oc2cccc3ccccc23)O[C@@H](CO)[C@@H](O)[C@H]1O. The molecule has 0 radical (unpaired) electrons. The summed E-state index contributed by atoms with van der Waals surface area (Å²) in [5.41, 5.74) is 0. The van der Waals surface area contributed by atoms with E-state index in [0.717, 1.165) is 10.8 Å². The number of rotatable bonds is 4. The van der Waals surface area contributed by atoms with Gasteiger partial charge in [0.1, 0.15) is 30.1 Å². The number of nitrogens with one attached hydrogen (secondary N) is 1. The van der Waals surface area contributed by atoms with Crippen molar-refractivity contribution in [2.24, 2.45) is 0 Å². The summed E-state index contributed by atoms with van der Waals surface area (Å²) in [5, 5.41) is 34.1. The first-order chi connectivity index (χ1) is 12.0. The summed E-state index contributed by atoms with van der Waals surface area (Å²) in [4.78, 5) is 11.5. The molecule has 0 saturated carbocycles. The molecule has 0 bridgehead atoms. The molecule has 0 aromatic heterocycles. The quantitative estimate of drug-likeness (QED) is 0.628. The van der Waals surface area contributed by atoms with E-state index in [2.05, 4.69) is 5.32 Å². The Kier molecular flexibility index (Phi) is 5.19. The molecule has 1 amide bonds. The Hall–Kier alpha value is -2.19. The third kappa shape index (κ3) is 3.59. The second kappa shape index (κ2) is 7.37. The van der Waals surface area contributed by atoms with Gasteiger partial charge in [-0.3, -0.25) is 4.79 Å². The number of amides is 1. The normalized spacial score (nSPS) is 29.4. The highest BCUT2D eigenvalue weighted by atomic mass is 16.7. The molecule has 3 rings (SSSR count). The van der Waals surface area contributed by atoms with Crippen LogP contribution in [0.1, 0.15) is 6.92 Å². The van der Waals surface area contributed by atoms with Gasteiger partial charge in [-0.25, -0.2) is 0 Å². The summed E-state index contributed by atoms with van der Waals surface area (Å²) in [7, 11) is 0. The second-order valence-electron chi connectivity index (χ2n) is 6.03. The predicted molar refractivity (Wildman–Crippen MR) is 89.9 cm³/mol. The van der Waals surface area contributed by atoms with Crippen LogP contribution in [0.3, 0.4) is 0 Å². The molecule has 25 heavy (non-hydrogen) atoms. The number of fused-ring (bicyclic) bond motifs is 1. The number of hydrogen-bond acceptors (Lipinski definition) is 6. The van der Waals surface area contributed by atoms with Crippen LogP contribution in [-0.2, 0) is 9.53 Å². The van der Waals surface area contributed by atoms with Crippen LogP contribution >= 0.6 is 0 Å². The molecule has 5 atom stereocenters. The van der Waals surface area contributed by atoms with Crippen molar-refractivity contribution < 1.29 is 29.6 Å². The lowest BCUT2D eigenvalue weighted by molar-refractivity contribution is -0.244. The van der Waals surface area contributed by atoms with E-state index < -0.39 is 43.2 Å². The van der Waals surface area contributed by atoms with E-state index in [1.807, 2.05) is 36.4 Å². The van der Waals surface area contributed by atoms with Crippen molar-refractivity contribution in [1.29, 1.82) is 0 Å². The van der Waals surface area contributed by atoms with Gasteiger partial charge in [0.2, 0.25) is 12.2 Å². The van der Waals surface area contributed by atoms with Gasteiger partial charge in [0.15, 0.2) is 0 Å². The summed E-state index contributed by atoms with van der Waals surface area (Å²) < 4.78 is 11.5. The summed E-state index contributed by atoms with van der Waals surface area (Å²) >= 11 is 0. The van der Waals surface area contributed by atoms with E-state index in [0.29, 0.717) is 5.75 Å². The summed E-state index contributed by atoms with van der Waals surface area (Å²) in [6, 6.07) is 12.1. The van der Waals surface area contributed by atoms with E-state index in [1.54, 1.807) is 6.07 Å². The van der Waals surface area contributed by atoms with Crippen molar-refractivity contribution in [3.8, 4) is 5.75 Å². The molecule has 7 heteroatoms. The highest BCUT2D eigenvalue weighted by Crippen LogP contribution is 2.29. The molecule has 1 fully saturated rings. The van der Waals surface area contributed by atoms with Crippen LogP contribution < -0.4 is 10.1 Å². The van der Waals surface area contributed by atoms with Crippen molar-refractivity contribution in [2.45, 2.75) is 37.6 Å². The highest BCUT2D eigenvalue weighted by Gasteiger charge is 2.46. The van der Waals surface area contributed by atoms with Crippen molar-refractivity contribution in [3.63, 3.8) is 0 Å². The van der Waals surface area contributed by atoms with Gasteiger partial charge in [0, 0.05) is 12.3 Å². The van der Waals surface area contributed by atoms with Crippen LogP contribution in [0.4, 0.5) is 0 Å². The third-order valence-corrected chi connectivity index (χ3v) is 4.24. The molecule has 1 heterocycles. The van der Waals surface area contributed by atoms with E-state index in [4.69, 9.17) is 9.47 Å². The van der Waals surface area contributed by atoms with Crippen LogP contribution in [0.15, 0.2) is 42.5 Å². The van der Waals surface area contributed by atoms with Crippen LogP contribution in [0.5, 0.6) is 5.75 Å². The van der Waals surface area contributed by atoms with Gasteiger partial charge in [-0.1, -0.05) is 36.4 Å². The molecule has 0 aliphatic carbocycles. The molecular weight excluding hydrogens is 326 g/mol. The zero-order valence-corrected chi connectivity index (χ0v) is 13.7. The van der Waals surface area contributed by atoms with Crippen LogP contribution in [-0.4, -0.2) is 58.5 Å². The topological polar surface area (TPSA) is 108 Å². The minimum atomic E-state index is -1.34. The smallest absolute Gasteiger partial charge is 0.223 e. The largest absolute Gasteiger partial charge is 0.462 e. The molecule has 0 unspecified atom stereocenters. The first-order valence-electron chi connectivity index (χ1n) is 8.05. The van der Waals surface area contributed by atoms with Gasteiger partial charge in [0.05, 0.1) is 6.61 Å². The molecule has 1 saturated heterocycles. The van der Waals surface area contributed by atoms with Crippen LogP contribution in [0.2, 0.25) is 0 Å². The maximum absolute atomic E-state index is 11.5. The Balaban J connectivity index is 1.92. The Morgan fingerprint density at radius 3 is 2.60 bits per heavy atom. The molecule has 0 spiro atoms. The molecule has 2 aromatic rings. The van der Waals surface area contributed by atoms with Crippen LogP contribution in [0, 0.1) is 0 Å². The summed E-state index contributed by atoms with van der Waals surface area (Å²) in [6.07, 6.45) is -4.76. The maximum Gasteiger partial charge on any atom is 0.223 e. The third-order valence-electron chi connectivity index (χ3n) is 4.24. The maximum atomic E-state index is 11.5. The lowest BCUT2D eigenvalue weighted by Crippen LogP contribution is -2.65. The zero-order chi connectivity index (χ0) is 18.0. The van der Waals surface area contributed by atoms with E-state index in [1.165, 1.54) is 6.92 Å². The Morgan fingerprint density at radius 2 is 1.88 bits per heavy atom. The predicted octanol–water partition coefficient (Wildman–Crippen LogP) is 0.162. The standard InChI is InChI=1S/C18H21NO6/c1-10(21)19-15-17(23)16(22)14(9-20)25-18(15)24-13-8-4-6-11-5-2-3-7-12(11)13/h2-8,14-18,20,22-23H,9H2,1H3,(H,19,21)/t14-,15+,16+,17-,18+/m0/s1. The fourth-order valence-electron chi connectivity index (χ4n) is 2.99. The first-order valence-corrected chi connectivity index (χ1v) is 8.05. The fourth-order valence-corrected chi connectivity index (χ4v) is 2.99. The molecule has 134 valence electrons. The summed E-state index contributed by atoms with van der Waals surface area (Å²) in [5.74, 6) is 0.118. The van der Waals surface area contributed by atoms with Crippen molar-refractivity contribution in [1.82, 2.24) is 5.32 Å². The first kappa shape index (κ1) is 17.6. The van der Waals surface area contributed by atoms with Gasteiger partial charge in [-0.2, -0.15) is 0 Å². The molecular formula is C18H21NO6. The summed E-state index contributed by atoms with van der Waals surface area (Å²) in [6.45, 7) is 0.812. The number of aliphatic hydroxyl groups is 3. The Morgan fingerprint density at radius 1 is 1.16 bits per heavy atom. The van der Waals surface area contributed by atoms with Gasteiger partial charge < -0.3 is 30.1 Å². The molecule has 4 N–H and O–H groups in total. The molecule has 1 aliphatic rings. The number of carbonyl (C=O) groups excluding carboxylic acids is 1. The van der Waals surface area contributed by atoms with Gasteiger partial charge >= 0.3 is 0 Å². The number of ether oxygens (including phenoxy) is 2. The number of carbonyl (C=O) groups is 1. The lowest BCUT2D eigenvalue weighted by Gasteiger charge is -2.42. The zero-order valence-electron chi connectivity index (χ0n) is 13.7. The minimum absolute atomic E-state index is 0.395. The molecule has 1 aliphatic heterocycles. The Bertz CT molecular complexity index is 746. The van der Waals surface area contributed by atoms with Gasteiger partial charge in [0.25, 0.3) is 0 Å². The monoisotopic (exact) mass is 347 g/mol. The van der Waals surface area contributed by atoms with Crippen molar-refractivity contribution >= 4 is 16.7 Å². The average Bonchev–Trinajstić information content (AvgIpc) is 2.61. The van der Waals surface area contributed by atoms with Gasteiger partial charge in [-0.05, 0) is 11.5 Å². The average molecular weight is 347 g/mol. The molecule has 2 aromatic carbocycles. The van der Waals surface area contributed by atoms with Crippen molar-refractivity contribution in [2.75, 3.05) is 6.61 Å². The Labute approximate surface area is 144 Å².